The Hall–Kier alpha value is -2.10. The van der Waals surface area contributed by atoms with Gasteiger partial charge >= 0.3 is 11.7 Å². The Morgan fingerprint density at radius 1 is 1.38 bits per heavy atom. The molecule has 114 valence electrons. The van der Waals surface area contributed by atoms with Crippen molar-refractivity contribution in [1.82, 2.24) is 29.7 Å². The molecule has 0 bridgehead atoms. The lowest BCUT2D eigenvalue weighted by molar-refractivity contribution is 0.308. The molecule has 0 fully saturated rings. The minimum atomic E-state index is -0.263. The van der Waals surface area contributed by atoms with Gasteiger partial charge in [-0.25, -0.2) is 9.89 Å². The minimum Gasteiger partial charge on any atom is -0.464 e. The summed E-state index contributed by atoms with van der Waals surface area (Å²) in [4.78, 5) is 24.2. The van der Waals surface area contributed by atoms with E-state index in [2.05, 4.69) is 30.5 Å². The molecule has 9 nitrogen and oxygen atoms in total. The van der Waals surface area contributed by atoms with Crippen LogP contribution < -0.4 is 15.7 Å². The Morgan fingerprint density at radius 3 is 2.76 bits per heavy atom. The van der Waals surface area contributed by atoms with Crippen LogP contribution in [0.5, 0.6) is 6.01 Å². The number of hydrogen-bond donors (Lipinski definition) is 2. The molecule has 2 aromatic heterocycles. The Bertz CT molecular complexity index is 667. The summed E-state index contributed by atoms with van der Waals surface area (Å²) in [5, 5.41) is 10.2. The molecule has 0 unspecified atom stereocenters. The first-order chi connectivity index (χ1) is 10.0. The van der Waals surface area contributed by atoms with Crippen molar-refractivity contribution in [1.29, 1.82) is 0 Å². The van der Waals surface area contributed by atoms with Gasteiger partial charge in [-0.2, -0.15) is 15.0 Å². The molecule has 0 atom stereocenters. The van der Waals surface area contributed by atoms with E-state index in [1.54, 1.807) is 7.05 Å². The van der Waals surface area contributed by atoms with Gasteiger partial charge < -0.3 is 10.1 Å². The second-order valence-electron chi connectivity index (χ2n) is 4.28. The average molecular weight is 311 g/mol. The fraction of sp³-hybridized carbons (Fsp3) is 0.545. The number of hydrogen-bond acceptors (Lipinski definition) is 8. The van der Waals surface area contributed by atoms with Crippen molar-refractivity contribution < 1.29 is 4.74 Å². The summed E-state index contributed by atoms with van der Waals surface area (Å²) in [5.41, 5.74) is -0.263. The Labute approximate surface area is 125 Å². The highest BCUT2D eigenvalue weighted by molar-refractivity contribution is 7.99. The molecule has 2 aromatic rings. The van der Waals surface area contributed by atoms with Gasteiger partial charge in [-0.1, -0.05) is 0 Å². The van der Waals surface area contributed by atoms with Gasteiger partial charge in [-0.15, -0.1) is 5.10 Å². The van der Waals surface area contributed by atoms with E-state index >= 15 is 0 Å². The van der Waals surface area contributed by atoms with E-state index in [1.165, 1.54) is 16.3 Å². The number of ether oxygens (including phenoxy) is 1. The summed E-state index contributed by atoms with van der Waals surface area (Å²) >= 11 is 1.17. The molecule has 0 aliphatic rings. The van der Waals surface area contributed by atoms with Crippen LogP contribution in [0.3, 0.4) is 0 Å². The summed E-state index contributed by atoms with van der Waals surface area (Å²) < 4.78 is 6.83. The molecule has 10 heteroatoms. The molecule has 2 heterocycles. The third-order valence-electron chi connectivity index (χ3n) is 2.46. The van der Waals surface area contributed by atoms with Crippen LogP contribution in [0.1, 0.15) is 26.8 Å². The van der Waals surface area contributed by atoms with Crippen LogP contribution in [0, 0.1) is 0 Å². The van der Waals surface area contributed by atoms with E-state index < -0.39 is 0 Å². The zero-order chi connectivity index (χ0) is 15.4. The molecule has 0 aliphatic carbocycles. The molecule has 0 aromatic carbocycles. The van der Waals surface area contributed by atoms with Gasteiger partial charge in [0.25, 0.3) is 0 Å². The highest BCUT2D eigenvalue weighted by atomic mass is 32.2. The smallest absolute Gasteiger partial charge is 0.344 e. The minimum absolute atomic E-state index is 0.0179. The van der Waals surface area contributed by atoms with E-state index in [1.807, 2.05) is 20.8 Å². The lowest BCUT2D eigenvalue weighted by atomic mass is 10.4. The number of nitrogens with one attached hydrogen (secondary N) is 2. The first-order valence-corrected chi connectivity index (χ1v) is 7.28. The van der Waals surface area contributed by atoms with E-state index in [0.29, 0.717) is 22.9 Å². The topological polar surface area (TPSA) is 111 Å². The molecule has 0 saturated heterocycles. The number of aromatic amines is 1. The summed E-state index contributed by atoms with van der Waals surface area (Å²) in [6.45, 7) is 6.11. The molecular formula is C11H17N7O2S. The van der Waals surface area contributed by atoms with Crippen LogP contribution in [0.25, 0.3) is 0 Å². The Kier molecular flexibility index (Phi) is 4.78. The van der Waals surface area contributed by atoms with E-state index in [0.717, 1.165) is 0 Å². The van der Waals surface area contributed by atoms with Gasteiger partial charge in [-0.05, 0) is 32.5 Å². The predicted octanol–water partition coefficient (Wildman–Crippen LogP) is 0.929. The van der Waals surface area contributed by atoms with Crippen molar-refractivity contribution in [2.45, 2.75) is 37.1 Å². The van der Waals surface area contributed by atoms with Crippen molar-refractivity contribution >= 4 is 17.7 Å². The SMILES string of the molecule is CCOc1nc(NC)nc(Sc2n[nH]c(=O)n2C(C)C)n1. The molecule has 0 spiro atoms. The lowest BCUT2D eigenvalue weighted by Crippen LogP contribution is -2.19. The van der Waals surface area contributed by atoms with Crippen LogP contribution >= 0.6 is 11.8 Å². The molecule has 0 radical (unpaired) electrons. The Morgan fingerprint density at radius 2 is 2.14 bits per heavy atom. The fourth-order valence-electron chi connectivity index (χ4n) is 1.59. The van der Waals surface area contributed by atoms with Gasteiger partial charge in [0, 0.05) is 13.1 Å². The van der Waals surface area contributed by atoms with Gasteiger partial charge in [0.05, 0.1) is 6.61 Å². The highest BCUT2D eigenvalue weighted by Gasteiger charge is 2.16. The number of H-pyrrole nitrogens is 1. The third kappa shape index (κ3) is 3.51. The fourth-order valence-corrected chi connectivity index (χ4v) is 2.49. The largest absolute Gasteiger partial charge is 0.464 e. The van der Waals surface area contributed by atoms with Crippen molar-refractivity contribution in [2.24, 2.45) is 0 Å². The lowest BCUT2D eigenvalue weighted by Gasteiger charge is -2.09. The van der Waals surface area contributed by atoms with Gasteiger partial charge in [0.15, 0.2) is 5.16 Å². The van der Waals surface area contributed by atoms with Crippen molar-refractivity contribution in [2.75, 3.05) is 19.0 Å². The molecule has 2 N–H and O–H groups in total. The summed E-state index contributed by atoms with van der Waals surface area (Å²) in [6.07, 6.45) is 0. The average Bonchev–Trinajstić information content (AvgIpc) is 2.79. The van der Waals surface area contributed by atoms with Crippen LogP contribution in [0.4, 0.5) is 5.95 Å². The molecule has 0 saturated carbocycles. The molecule has 0 aliphatic heterocycles. The maximum absolute atomic E-state index is 11.7. The standard InChI is InChI=1S/C11H17N7O2S/c1-5-20-8-13-7(12-4)14-9(15-8)21-11-17-16-10(19)18(11)6(2)3/h6H,5H2,1-4H3,(H,16,19)(H,12,13,14,15). The first-order valence-electron chi connectivity index (χ1n) is 6.46. The second kappa shape index (κ2) is 6.57. The second-order valence-corrected chi connectivity index (χ2v) is 5.22. The monoisotopic (exact) mass is 311 g/mol. The maximum atomic E-state index is 11.7. The van der Waals surface area contributed by atoms with Gasteiger partial charge in [0.2, 0.25) is 11.1 Å². The quantitative estimate of drug-likeness (QED) is 0.810. The Balaban J connectivity index is 2.35. The summed E-state index contributed by atoms with van der Waals surface area (Å²) in [6, 6.07) is 0.212. The van der Waals surface area contributed by atoms with Crippen molar-refractivity contribution in [3.63, 3.8) is 0 Å². The zero-order valence-corrected chi connectivity index (χ0v) is 13.1. The number of rotatable bonds is 6. The van der Waals surface area contributed by atoms with E-state index in [9.17, 15) is 4.79 Å². The zero-order valence-electron chi connectivity index (χ0n) is 12.2. The van der Waals surface area contributed by atoms with Crippen molar-refractivity contribution in [3.8, 4) is 6.01 Å². The van der Waals surface area contributed by atoms with Crippen LogP contribution in [0.15, 0.2) is 15.1 Å². The van der Waals surface area contributed by atoms with Gasteiger partial charge in [0.1, 0.15) is 0 Å². The highest BCUT2D eigenvalue weighted by Crippen LogP contribution is 2.25. The van der Waals surface area contributed by atoms with Crippen LogP contribution in [0.2, 0.25) is 0 Å². The molecule has 2 rings (SSSR count). The van der Waals surface area contributed by atoms with E-state index in [4.69, 9.17) is 4.74 Å². The summed E-state index contributed by atoms with van der Waals surface area (Å²) in [5.74, 6) is 0.393. The van der Waals surface area contributed by atoms with E-state index in [-0.39, 0.29) is 17.7 Å². The molecular weight excluding hydrogens is 294 g/mol. The first kappa shape index (κ1) is 15.3. The van der Waals surface area contributed by atoms with Crippen LogP contribution in [-0.2, 0) is 0 Å². The van der Waals surface area contributed by atoms with Gasteiger partial charge in [-0.3, -0.25) is 4.57 Å². The van der Waals surface area contributed by atoms with Crippen molar-refractivity contribution in [3.05, 3.63) is 10.5 Å². The number of anilines is 1. The number of nitrogens with zero attached hydrogens (tertiary/aromatic N) is 5. The number of aromatic nitrogens is 6. The third-order valence-corrected chi connectivity index (χ3v) is 3.30. The van der Waals surface area contributed by atoms with Crippen LogP contribution in [-0.4, -0.2) is 43.4 Å². The summed E-state index contributed by atoms with van der Waals surface area (Å²) in [7, 11) is 1.71. The maximum Gasteiger partial charge on any atom is 0.344 e. The normalized spacial score (nSPS) is 10.9. The molecule has 21 heavy (non-hydrogen) atoms. The predicted molar refractivity (Wildman–Crippen MR) is 77.9 cm³/mol. The molecule has 0 amide bonds.